The molecule has 1 amide bonds. The monoisotopic (exact) mass is 339 g/mol. The van der Waals surface area contributed by atoms with Gasteiger partial charge in [-0.05, 0) is 30.2 Å². The maximum Gasteiger partial charge on any atom is 0.237 e. The number of carbonyl (C=O) groups excluding carboxylic acids is 1. The van der Waals surface area contributed by atoms with Crippen LogP contribution in [0.2, 0.25) is 0 Å². The Balaban J connectivity index is 1.46. The summed E-state index contributed by atoms with van der Waals surface area (Å²) in [6.45, 7) is 0.760. The van der Waals surface area contributed by atoms with Crippen molar-refractivity contribution in [1.82, 2.24) is 9.97 Å². The quantitative estimate of drug-likeness (QED) is 0.741. The second-order valence-corrected chi connectivity index (χ2v) is 6.60. The maximum atomic E-state index is 12.5. The largest absolute Gasteiger partial charge is 0.497 e. The zero-order valence-electron chi connectivity index (χ0n) is 13.3. The zero-order valence-corrected chi connectivity index (χ0v) is 14.1. The molecule has 0 bridgehead atoms. The number of nitrogens with zero attached hydrogens (tertiary/aromatic N) is 2. The lowest BCUT2D eigenvalue weighted by molar-refractivity contribution is -0.116. The number of amides is 1. The molecule has 5 nitrogen and oxygen atoms in total. The summed E-state index contributed by atoms with van der Waals surface area (Å²) < 4.78 is 5.22. The number of hydrogen-bond acceptors (Lipinski definition) is 4. The molecule has 1 N–H and O–H groups in total. The summed E-state index contributed by atoms with van der Waals surface area (Å²) in [7, 11) is 1.64. The molecule has 1 aromatic heterocycles. The second kappa shape index (κ2) is 6.20. The van der Waals surface area contributed by atoms with E-state index in [-0.39, 0.29) is 5.91 Å². The molecule has 122 valence electrons. The summed E-state index contributed by atoms with van der Waals surface area (Å²) in [5.41, 5.74) is 4.07. The molecule has 0 saturated carbocycles. The first kappa shape index (κ1) is 15.1. The standard InChI is InChI=1S/C18H17N3O2S/c1-23-13-6-7-14-15(10-13)20-18(19-14)24-11-17(22)21-9-8-12-4-2-3-5-16(12)21/h2-7,10H,8-9,11H2,1H3,(H,19,20). The van der Waals surface area contributed by atoms with Crippen LogP contribution in [0.5, 0.6) is 5.75 Å². The summed E-state index contributed by atoms with van der Waals surface area (Å²) in [5.74, 6) is 1.26. The fraction of sp³-hybridized carbons (Fsp3) is 0.222. The van der Waals surface area contributed by atoms with Gasteiger partial charge in [-0.25, -0.2) is 4.98 Å². The summed E-state index contributed by atoms with van der Waals surface area (Å²) in [5, 5.41) is 0.749. The highest BCUT2D eigenvalue weighted by Crippen LogP contribution is 2.29. The van der Waals surface area contributed by atoms with Crippen molar-refractivity contribution in [3.05, 3.63) is 48.0 Å². The predicted molar refractivity (Wildman–Crippen MR) is 95.9 cm³/mol. The van der Waals surface area contributed by atoms with Gasteiger partial charge in [0.1, 0.15) is 5.75 Å². The molecule has 0 atom stereocenters. The van der Waals surface area contributed by atoms with Crippen LogP contribution in [0.3, 0.4) is 0 Å². The number of carbonyl (C=O) groups is 1. The average molecular weight is 339 g/mol. The fourth-order valence-corrected chi connectivity index (χ4v) is 3.73. The molecular formula is C18H17N3O2S. The topological polar surface area (TPSA) is 58.2 Å². The van der Waals surface area contributed by atoms with Gasteiger partial charge in [-0.1, -0.05) is 30.0 Å². The van der Waals surface area contributed by atoms with Crippen LogP contribution in [0, 0.1) is 0 Å². The number of aromatic nitrogens is 2. The average Bonchev–Trinajstić information content (AvgIpc) is 3.22. The smallest absolute Gasteiger partial charge is 0.237 e. The zero-order chi connectivity index (χ0) is 16.5. The van der Waals surface area contributed by atoms with Gasteiger partial charge in [-0.15, -0.1) is 0 Å². The third-order valence-electron chi connectivity index (χ3n) is 4.19. The number of methoxy groups -OCH3 is 1. The SMILES string of the molecule is COc1ccc2nc(SCC(=O)N3CCc4ccccc43)[nH]c2c1. The van der Waals surface area contributed by atoms with E-state index in [1.807, 2.05) is 41.3 Å². The van der Waals surface area contributed by atoms with Crippen molar-refractivity contribution in [2.75, 3.05) is 24.3 Å². The molecule has 2 heterocycles. The van der Waals surface area contributed by atoms with E-state index in [9.17, 15) is 4.79 Å². The number of anilines is 1. The first-order chi connectivity index (χ1) is 11.7. The van der Waals surface area contributed by atoms with E-state index >= 15 is 0 Å². The predicted octanol–water partition coefficient (Wildman–Crippen LogP) is 3.25. The number of ether oxygens (including phenoxy) is 1. The Kier molecular flexibility index (Phi) is 3.90. The number of nitrogens with one attached hydrogen (secondary N) is 1. The molecular weight excluding hydrogens is 322 g/mol. The number of imidazole rings is 1. The molecule has 0 aliphatic carbocycles. The molecule has 2 aromatic carbocycles. The fourth-order valence-electron chi connectivity index (χ4n) is 2.97. The Morgan fingerprint density at radius 1 is 1.33 bits per heavy atom. The van der Waals surface area contributed by atoms with Gasteiger partial charge in [0.2, 0.25) is 5.91 Å². The van der Waals surface area contributed by atoms with Crippen LogP contribution in [0.4, 0.5) is 5.69 Å². The van der Waals surface area contributed by atoms with E-state index in [0.717, 1.165) is 40.6 Å². The van der Waals surface area contributed by atoms with Gasteiger partial charge in [0.05, 0.1) is 23.9 Å². The van der Waals surface area contributed by atoms with Crippen LogP contribution in [-0.4, -0.2) is 35.3 Å². The minimum absolute atomic E-state index is 0.114. The van der Waals surface area contributed by atoms with E-state index in [0.29, 0.717) is 5.75 Å². The highest BCUT2D eigenvalue weighted by molar-refractivity contribution is 7.99. The van der Waals surface area contributed by atoms with Crippen LogP contribution in [0.1, 0.15) is 5.56 Å². The molecule has 0 fully saturated rings. The minimum atomic E-state index is 0.114. The number of H-pyrrole nitrogens is 1. The molecule has 1 aliphatic rings. The van der Waals surface area contributed by atoms with Gasteiger partial charge in [-0.2, -0.15) is 0 Å². The Labute approximate surface area is 144 Å². The van der Waals surface area contributed by atoms with Crippen LogP contribution < -0.4 is 9.64 Å². The van der Waals surface area contributed by atoms with Crippen LogP contribution >= 0.6 is 11.8 Å². The first-order valence-corrected chi connectivity index (χ1v) is 8.78. The van der Waals surface area contributed by atoms with E-state index < -0.39 is 0 Å². The number of rotatable bonds is 4. The van der Waals surface area contributed by atoms with E-state index in [1.54, 1.807) is 7.11 Å². The van der Waals surface area contributed by atoms with Gasteiger partial charge >= 0.3 is 0 Å². The van der Waals surface area contributed by atoms with Crippen molar-refractivity contribution in [3.63, 3.8) is 0 Å². The van der Waals surface area contributed by atoms with Gasteiger partial charge in [0, 0.05) is 18.3 Å². The highest BCUT2D eigenvalue weighted by atomic mass is 32.2. The second-order valence-electron chi connectivity index (χ2n) is 5.64. The first-order valence-electron chi connectivity index (χ1n) is 7.79. The number of para-hydroxylation sites is 1. The highest BCUT2D eigenvalue weighted by Gasteiger charge is 2.24. The lowest BCUT2D eigenvalue weighted by atomic mass is 10.2. The molecule has 24 heavy (non-hydrogen) atoms. The third kappa shape index (κ3) is 2.73. The van der Waals surface area contributed by atoms with Crippen molar-refractivity contribution in [1.29, 1.82) is 0 Å². The number of benzene rings is 2. The molecule has 0 saturated heterocycles. The van der Waals surface area contributed by atoms with Crippen molar-refractivity contribution >= 4 is 34.4 Å². The summed E-state index contributed by atoms with van der Waals surface area (Å²) in [6.07, 6.45) is 0.928. The van der Waals surface area contributed by atoms with Crippen molar-refractivity contribution in [2.45, 2.75) is 11.6 Å². The Morgan fingerprint density at radius 3 is 3.08 bits per heavy atom. The Bertz CT molecular complexity index is 906. The van der Waals surface area contributed by atoms with E-state index in [2.05, 4.69) is 16.0 Å². The summed E-state index contributed by atoms with van der Waals surface area (Å²) in [6, 6.07) is 13.8. The van der Waals surface area contributed by atoms with Gasteiger partial charge in [-0.3, -0.25) is 4.79 Å². The maximum absolute atomic E-state index is 12.5. The summed E-state index contributed by atoms with van der Waals surface area (Å²) >= 11 is 1.43. The van der Waals surface area contributed by atoms with E-state index in [4.69, 9.17) is 4.74 Å². The summed E-state index contributed by atoms with van der Waals surface area (Å²) in [4.78, 5) is 22.2. The van der Waals surface area contributed by atoms with Gasteiger partial charge < -0.3 is 14.6 Å². The molecule has 3 aromatic rings. The van der Waals surface area contributed by atoms with Crippen LogP contribution in [0.15, 0.2) is 47.6 Å². The number of hydrogen-bond donors (Lipinski definition) is 1. The minimum Gasteiger partial charge on any atom is -0.497 e. The Hall–Kier alpha value is -2.47. The number of fused-ring (bicyclic) bond motifs is 2. The molecule has 0 unspecified atom stereocenters. The molecule has 0 radical (unpaired) electrons. The van der Waals surface area contributed by atoms with Crippen LogP contribution in [-0.2, 0) is 11.2 Å². The van der Waals surface area contributed by atoms with Gasteiger partial charge in [0.15, 0.2) is 5.16 Å². The van der Waals surface area contributed by atoms with E-state index in [1.165, 1.54) is 17.3 Å². The van der Waals surface area contributed by atoms with Crippen molar-refractivity contribution in [2.24, 2.45) is 0 Å². The van der Waals surface area contributed by atoms with Crippen LogP contribution in [0.25, 0.3) is 11.0 Å². The van der Waals surface area contributed by atoms with Crippen molar-refractivity contribution < 1.29 is 9.53 Å². The van der Waals surface area contributed by atoms with Crippen molar-refractivity contribution in [3.8, 4) is 5.75 Å². The lowest BCUT2D eigenvalue weighted by Gasteiger charge is -2.16. The Morgan fingerprint density at radius 2 is 2.21 bits per heavy atom. The molecule has 4 rings (SSSR count). The third-order valence-corrected chi connectivity index (χ3v) is 5.05. The molecule has 1 aliphatic heterocycles. The number of aromatic amines is 1. The number of thioether (sulfide) groups is 1. The lowest BCUT2D eigenvalue weighted by Crippen LogP contribution is -2.30. The van der Waals surface area contributed by atoms with Gasteiger partial charge in [0.25, 0.3) is 0 Å². The molecule has 0 spiro atoms. The molecule has 6 heteroatoms. The normalized spacial score (nSPS) is 13.3.